The number of carbonyl (C=O) groups is 2. The zero-order chi connectivity index (χ0) is 28.5. The highest BCUT2D eigenvalue weighted by molar-refractivity contribution is 7.93. The van der Waals surface area contributed by atoms with E-state index in [-0.39, 0.29) is 45.6 Å². The molecule has 1 aliphatic rings. The smallest absolute Gasteiger partial charge is 0.416 e. The Kier molecular flexibility index (Phi) is 8.14. The van der Waals surface area contributed by atoms with E-state index >= 15 is 0 Å². The molecule has 4 rings (SSSR count). The van der Waals surface area contributed by atoms with E-state index < -0.39 is 46.0 Å². The van der Waals surface area contributed by atoms with Gasteiger partial charge in [0.25, 0.3) is 15.9 Å². The van der Waals surface area contributed by atoms with E-state index in [1.807, 2.05) is 0 Å². The summed E-state index contributed by atoms with van der Waals surface area (Å²) in [4.78, 5) is 26.4. The van der Waals surface area contributed by atoms with Gasteiger partial charge >= 0.3 is 6.18 Å². The van der Waals surface area contributed by atoms with Crippen LogP contribution < -0.4 is 19.7 Å². The van der Waals surface area contributed by atoms with Gasteiger partial charge in [0, 0.05) is 27.9 Å². The lowest BCUT2D eigenvalue weighted by Gasteiger charge is -2.30. The summed E-state index contributed by atoms with van der Waals surface area (Å²) >= 11 is 7.47. The van der Waals surface area contributed by atoms with Gasteiger partial charge < -0.3 is 15.4 Å². The number of hydrogen-bond acceptors (Lipinski definition) is 6. The molecule has 1 unspecified atom stereocenters. The molecule has 208 valence electrons. The van der Waals surface area contributed by atoms with Crippen molar-refractivity contribution in [3.8, 4) is 5.75 Å². The van der Waals surface area contributed by atoms with Crippen molar-refractivity contribution in [1.82, 2.24) is 10.6 Å². The molecular weight excluding hydrogens is 579 g/mol. The average Bonchev–Trinajstić information content (AvgIpc) is 3.34. The summed E-state index contributed by atoms with van der Waals surface area (Å²) in [6, 6.07) is 7.13. The number of aryl methyl sites for hydroxylation is 1. The van der Waals surface area contributed by atoms with Gasteiger partial charge in [-0.2, -0.15) is 13.2 Å². The van der Waals surface area contributed by atoms with Gasteiger partial charge in [-0.3, -0.25) is 13.9 Å². The normalized spacial score (nSPS) is 14.3. The molecule has 2 heterocycles. The number of benzene rings is 2. The van der Waals surface area contributed by atoms with Crippen LogP contribution in [0.2, 0.25) is 5.02 Å². The highest BCUT2D eigenvalue weighted by Crippen LogP contribution is 2.38. The number of hydrogen-bond donors (Lipinski definition) is 2. The number of ether oxygens (including phenoxy) is 1. The molecule has 0 saturated heterocycles. The van der Waals surface area contributed by atoms with Crippen molar-refractivity contribution in [3.63, 3.8) is 0 Å². The summed E-state index contributed by atoms with van der Waals surface area (Å²) in [5, 5.41) is 6.41. The van der Waals surface area contributed by atoms with Gasteiger partial charge in [-0.25, -0.2) is 8.42 Å². The summed E-state index contributed by atoms with van der Waals surface area (Å²) < 4.78 is 73.5. The van der Waals surface area contributed by atoms with Gasteiger partial charge in [0.05, 0.1) is 35.2 Å². The molecule has 1 atom stereocenters. The number of nitrogens with zero attached hydrogens (tertiary/aromatic N) is 1. The van der Waals surface area contributed by atoms with Crippen LogP contribution in [0.15, 0.2) is 52.7 Å². The molecule has 0 aliphatic carbocycles. The Morgan fingerprint density at radius 3 is 2.56 bits per heavy atom. The summed E-state index contributed by atoms with van der Waals surface area (Å²) in [7, 11) is -2.60. The quantitative estimate of drug-likeness (QED) is 0.400. The number of thiophene rings is 1. The van der Waals surface area contributed by atoms with Crippen LogP contribution in [0.4, 0.5) is 18.9 Å². The Labute approximate surface area is 231 Å². The van der Waals surface area contributed by atoms with Crippen molar-refractivity contribution >= 4 is 50.5 Å². The first-order valence-electron chi connectivity index (χ1n) is 11.5. The van der Waals surface area contributed by atoms with Crippen molar-refractivity contribution in [1.29, 1.82) is 0 Å². The van der Waals surface area contributed by atoms with E-state index in [0.29, 0.717) is 0 Å². The molecule has 8 nitrogen and oxygen atoms in total. The molecule has 0 bridgehead atoms. The first-order valence-corrected chi connectivity index (χ1v) is 14.2. The number of nitrogens with one attached hydrogen (secondary N) is 2. The molecule has 0 spiro atoms. The third-order valence-electron chi connectivity index (χ3n) is 6.01. The summed E-state index contributed by atoms with van der Waals surface area (Å²) in [6.07, 6.45) is -5.06. The second kappa shape index (κ2) is 11.1. The van der Waals surface area contributed by atoms with Gasteiger partial charge in [0.2, 0.25) is 5.91 Å². The fraction of sp³-hybridized carbons (Fsp3) is 0.280. The van der Waals surface area contributed by atoms with E-state index in [0.717, 1.165) is 27.4 Å². The number of amides is 2. The Morgan fingerprint density at radius 2 is 1.92 bits per heavy atom. The van der Waals surface area contributed by atoms with Crippen molar-refractivity contribution in [2.24, 2.45) is 0 Å². The molecular formula is C25H23ClF3N3O5S2. The van der Waals surface area contributed by atoms with Crippen LogP contribution >= 0.6 is 22.9 Å². The molecule has 2 amide bonds. The maximum atomic E-state index is 13.4. The summed E-state index contributed by atoms with van der Waals surface area (Å²) in [5.74, 6) is -1.05. The minimum absolute atomic E-state index is 0.00551. The van der Waals surface area contributed by atoms with Crippen LogP contribution in [0.25, 0.3) is 0 Å². The standard InChI is InChI=1S/C25H23ClF3N3O5S2/c1-14-9-17(13-38-14)39(35,36)32-7-8-37-22-6-3-15(10-21(22)32)24(34)31-20(12-23(33)30-2)18-11-16(25(27,28)29)4-5-19(18)26/h3-6,9-11,13,20H,7-8,12H2,1-2H3,(H,30,33)(H,31,34). The fourth-order valence-corrected chi connectivity index (χ4v) is 6.84. The van der Waals surface area contributed by atoms with E-state index in [4.69, 9.17) is 16.3 Å². The fourth-order valence-electron chi connectivity index (χ4n) is 4.02. The molecule has 39 heavy (non-hydrogen) atoms. The lowest BCUT2D eigenvalue weighted by atomic mass is 9.99. The minimum Gasteiger partial charge on any atom is -0.489 e. The van der Waals surface area contributed by atoms with E-state index in [1.165, 1.54) is 42.0 Å². The van der Waals surface area contributed by atoms with Gasteiger partial charge in [-0.1, -0.05) is 11.6 Å². The predicted octanol–water partition coefficient (Wildman–Crippen LogP) is 4.92. The Hall–Kier alpha value is -3.29. The highest BCUT2D eigenvalue weighted by Gasteiger charge is 2.34. The molecule has 0 radical (unpaired) electrons. The Morgan fingerprint density at radius 1 is 1.18 bits per heavy atom. The number of carbonyl (C=O) groups excluding carboxylic acids is 2. The van der Waals surface area contributed by atoms with Crippen molar-refractivity contribution in [2.45, 2.75) is 30.5 Å². The second-order valence-electron chi connectivity index (χ2n) is 8.64. The van der Waals surface area contributed by atoms with Gasteiger partial charge in [-0.05, 0) is 55.0 Å². The van der Waals surface area contributed by atoms with Crippen molar-refractivity contribution in [3.05, 3.63) is 74.4 Å². The van der Waals surface area contributed by atoms with Crippen LogP contribution in [-0.2, 0) is 21.0 Å². The zero-order valence-electron chi connectivity index (χ0n) is 20.6. The van der Waals surface area contributed by atoms with Crippen LogP contribution in [0, 0.1) is 6.92 Å². The van der Waals surface area contributed by atoms with E-state index in [9.17, 15) is 31.2 Å². The van der Waals surface area contributed by atoms with Crippen LogP contribution in [0.5, 0.6) is 5.75 Å². The third-order valence-corrected chi connectivity index (χ3v) is 9.15. The molecule has 2 N–H and O–H groups in total. The monoisotopic (exact) mass is 601 g/mol. The van der Waals surface area contributed by atoms with Gasteiger partial charge in [0.15, 0.2) is 0 Å². The minimum atomic E-state index is -4.67. The summed E-state index contributed by atoms with van der Waals surface area (Å²) in [5.41, 5.74) is -0.945. The number of sulfonamides is 1. The zero-order valence-corrected chi connectivity index (χ0v) is 23.0. The first-order chi connectivity index (χ1) is 18.3. The largest absolute Gasteiger partial charge is 0.489 e. The molecule has 3 aromatic rings. The lowest BCUT2D eigenvalue weighted by molar-refractivity contribution is -0.137. The maximum Gasteiger partial charge on any atom is 0.416 e. The highest BCUT2D eigenvalue weighted by atomic mass is 35.5. The molecule has 1 aliphatic heterocycles. The SMILES string of the molecule is CNC(=O)CC(NC(=O)c1ccc2c(c1)N(S(=O)(=O)c1csc(C)c1)CCO2)c1cc(C(F)(F)F)ccc1Cl. The third kappa shape index (κ3) is 6.15. The van der Waals surface area contributed by atoms with E-state index in [2.05, 4.69) is 10.6 Å². The molecule has 0 fully saturated rings. The van der Waals surface area contributed by atoms with Crippen LogP contribution in [-0.4, -0.2) is 40.4 Å². The number of fused-ring (bicyclic) bond motifs is 1. The van der Waals surface area contributed by atoms with E-state index in [1.54, 1.807) is 13.0 Å². The van der Waals surface area contributed by atoms with Crippen molar-refractivity contribution in [2.75, 3.05) is 24.5 Å². The molecule has 1 aromatic heterocycles. The first kappa shape index (κ1) is 28.7. The summed E-state index contributed by atoms with van der Waals surface area (Å²) in [6.45, 7) is 1.89. The Balaban J connectivity index is 1.69. The van der Waals surface area contributed by atoms with Gasteiger partial charge in [0.1, 0.15) is 12.4 Å². The maximum absolute atomic E-state index is 13.4. The Bertz CT molecular complexity index is 1530. The number of alkyl halides is 3. The van der Waals surface area contributed by atoms with Crippen molar-refractivity contribution < 1.29 is 35.9 Å². The number of halogens is 4. The molecule has 2 aromatic carbocycles. The topological polar surface area (TPSA) is 105 Å². The average molecular weight is 602 g/mol. The second-order valence-corrected chi connectivity index (χ2v) is 12.0. The number of anilines is 1. The van der Waals surface area contributed by atoms with Crippen LogP contribution in [0.1, 0.15) is 38.8 Å². The predicted molar refractivity (Wildman–Crippen MR) is 141 cm³/mol. The molecule has 0 saturated carbocycles. The van der Waals surface area contributed by atoms with Crippen LogP contribution in [0.3, 0.4) is 0 Å². The number of rotatable bonds is 7. The lowest BCUT2D eigenvalue weighted by Crippen LogP contribution is -2.38. The molecule has 14 heteroatoms. The van der Waals surface area contributed by atoms with Gasteiger partial charge in [-0.15, -0.1) is 11.3 Å².